The standard InChI is InChI=1S/C20H35NO/c1-7-10-11-18(21(8-2)9-3)19(22)16-12-14-17(15-13-16)20(4,5)6/h12-15,18-19,22H,7-11H2,1-6H3/t18-,19-/m1/s1. The Morgan fingerprint density at radius 1 is 1.00 bits per heavy atom. The summed E-state index contributed by atoms with van der Waals surface area (Å²) in [7, 11) is 0. The molecule has 1 rings (SSSR count). The van der Waals surface area contributed by atoms with Crippen LogP contribution in [0.1, 0.15) is 78.0 Å². The number of unbranched alkanes of at least 4 members (excludes halogenated alkanes) is 1. The summed E-state index contributed by atoms with van der Waals surface area (Å²) in [4.78, 5) is 2.39. The molecule has 2 heteroatoms. The Hall–Kier alpha value is -0.860. The molecule has 1 N–H and O–H groups in total. The molecule has 0 aliphatic carbocycles. The summed E-state index contributed by atoms with van der Waals surface area (Å²) < 4.78 is 0. The molecular formula is C20H35NO. The number of likely N-dealkylation sites (N-methyl/N-ethyl adjacent to an activating group) is 1. The van der Waals surface area contributed by atoms with Crippen LogP contribution in [0.4, 0.5) is 0 Å². The first-order chi connectivity index (χ1) is 10.3. The van der Waals surface area contributed by atoms with Gasteiger partial charge < -0.3 is 5.11 Å². The van der Waals surface area contributed by atoms with E-state index in [1.807, 2.05) is 0 Å². The van der Waals surface area contributed by atoms with Gasteiger partial charge in [-0.05, 0) is 36.1 Å². The van der Waals surface area contributed by atoms with Crippen LogP contribution in [0.15, 0.2) is 24.3 Å². The first kappa shape index (κ1) is 19.2. The summed E-state index contributed by atoms with van der Waals surface area (Å²) in [6.07, 6.45) is 2.99. The van der Waals surface area contributed by atoms with E-state index in [9.17, 15) is 5.11 Å². The maximum Gasteiger partial charge on any atom is 0.0945 e. The second-order valence-electron chi connectivity index (χ2n) is 7.25. The molecule has 0 fully saturated rings. The van der Waals surface area contributed by atoms with Crippen molar-refractivity contribution in [1.82, 2.24) is 4.90 Å². The topological polar surface area (TPSA) is 23.5 Å². The number of aliphatic hydroxyl groups is 1. The molecule has 0 aliphatic rings. The lowest BCUT2D eigenvalue weighted by Crippen LogP contribution is -2.39. The van der Waals surface area contributed by atoms with Crippen LogP contribution in [0.25, 0.3) is 0 Å². The van der Waals surface area contributed by atoms with Gasteiger partial charge in [0, 0.05) is 6.04 Å². The molecule has 0 heterocycles. The van der Waals surface area contributed by atoms with Crippen molar-refractivity contribution in [2.75, 3.05) is 13.1 Å². The van der Waals surface area contributed by atoms with Crippen molar-refractivity contribution in [2.24, 2.45) is 0 Å². The monoisotopic (exact) mass is 305 g/mol. The molecule has 0 saturated carbocycles. The fraction of sp³-hybridized carbons (Fsp3) is 0.700. The molecule has 2 atom stereocenters. The van der Waals surface area contributed by atoms with Gasteiger partial charge in [0.25, 0.3) is 0 Å². The van der Waals surface area contributed by atoms with Gasteiger partial charge in [0.15, 0.2) is 0 Å². The fourth-order valence-electron chi connectivity index (χ4n) is 3.05. The lowest BCUT2D eigenvalue weighted by atomic mass is 9.85. The molecule has 0 radical (unpaired) electrons. The third kappa shape index (κ3) is 5.10. The van der Waals surface area contributed by atoms with Gasteiger partial charge in [-0.1, -0.05) is 78.6 Å². The number of hydrogen-bond acceptors (Lipinski definition) is 2. The molecule has 0 bridgehead atoms. The van der Waals surface area contributed by atoms with Crippen LogP contribution in [0.3, 0.4) is 0 Å². The zero-order chi connectivity index (χ0) is 16.8. The van der Waals surface area contributed by atoms with Gasteiger partial charge in [0.1, 0.15) is 0 Å². The van der Waals surface area contributed by atoms with Gasteiger partial charge >= 0.3 is 0 Å². The van der Waals surface area contributed by atoms with Gasteiger partial charge in [-0.3, -0.25) is 4.90 Å². The second-order valence-corrected chi connectivity index (χ2v) is 7.25. The number of nitrogens with zero attached hydrogens (tertiary/aromatic N) is 1. The zero-order valence-corrected chi connectivity index (χ0v) is 15.4. The molecule has 1 aromatic carbocycles. The van der Waals surface area contributed by atoms with Crippen molar-refractivity contribution in [3.8, 4) is 0 Å². The fourth-order valence-corrected chi connectivity index (χ4v) is 3.05. The van der Waals surface area contributed by atoms with Gasteiger partial charge in [-0.2, -0.15) is 0 Å². The van der Waals surface area contributed by atoms with Crippen molar-refractivity contribution in [3.05, 3.63) is 35.4 Å². The molecule has 0 spiro atoms. The zero-order valence-electron chi connectivity index (χ0n) is 15.4. The Labute approximate surface area is 137 Å². The van der Waals surface area contributed by atoms with E-state index in [1.54, 1.807) is 0 Å². The average molecular weight is 306 g/mol. The minimum Gasteiger partial charge on any atom is -0.387 e. The maximum atomic E-state index is 10.9. The van der Waals surface area contributed by atoms with Crippen molar-refractivity contribution in [2.45, 2.75) is 78.4 Å². The summed E-state index contributed by atoms with van der Waals surface area (Å²) in [5.74, 6) is 0. The smallest absolute Gasteiger partial charge is 0.0945 e. The molecule has 0 aromatic heterocycles. The predicted octanol–water partition coefficient (Wildman–Crippen LogP) is 4.92. The maximum absolute atomic E-state index is 10.9. The van der Waals surface area contributed by atoms with E-state index in [4.69, 9.17) is 0 Å². The van der Waals surface area contributed by atoms with Crippen LogP contribution >= 0.6 is 0 Å². The molecule has 2 nitrogen and oxygen atoms in total. The quantitative estimate of drug-likeness (QED) is 0.737. The highest BCUT2D eigenvalue weighted by molar-refractivity contribution is 5.29. The second kappa shape index (κ2) is 8.69. The Morgan fingerprint density at radius 2 is 1.55 bits per heavy atom. The highest BCUT2D eigenvalue weighted by Crippen LogP contribution is 2.28. The Bertz CT molecular complexity index is 414. The molecule has 0 amide bonds. The number of rotatable bonds is 8. The summed E-state index contributed by atoms with van der Waals surface area (Å²) in [6, 6.07) is 8.76. The molecular weight excluding hydrogens is 270 g/mol. The predicted molar refractivity (Wildman–Crippen MR) is 96.3 cm³/mol. The highest BCUT2D eigenvalue weighted by Gasteiger charge is 2.25. The Balaban J connectivity index is 2.94. The van der Waals surface area contributed by atoms with E-state index in [2.05, 4.69) is 70.7 Å². The van der Waals surface area contributed by atoms with E-state index >= 15 is 0 Å². The first-order valence-corrected chi connectivity index (χ1v) is 8.87. The first-order valence-electron chi connectivity index (χ1n) is 8.87. The number of hydrogen-bond donors (Lipinski definition) is 1. The molecule has 22 heavy (non-hydrogen) atoms. The lowest BCUT2D eigenvalue weighted by Gasteiger charge is -2.34. The third-order valence-corrected chi connectivity index (χ3v) is 4.62. The summed E-state index contributed by atoms with van der Waals surface area (Å²) in [5, 5.41) is 10.9. The van der Waals surface area contributed by atoms with E-state index in [-0.39, 0.29) is 11.5 Å². The van der Waals surface area contributed by atoms with E-state index < -0.39 is 6.10 Å². The molecule has 1 aromatic rings. The van der Waals surface area contributed by atoms with Crippen LogP contribution in [-0.2, 0) is 5.41 Å². The van der Waals surface area contributed by atoms with Crippen LogP contribution < -0.4 is 0 Å². The third-order valence-electron chi connectivity index (χ3n) is 4.62. The van der Waals surface area contributed by atoms with Crippen LogP contribution in [-0.4, -0.2) is 29.1 Å². The molecule has 0 unspecified atom stereocenters. The van der Waals surface area contributed by atoms with Crippen LogP contribution in [0.2, 0.25) is 0 Å². The van der Waals surface area contributed by atoms with Gasteiger partial charge in [-0.25, -0.2) is 0 Å². The Kier molecular flexibility index (Phi) is 7.58. The number of aliphatic hydroxyl groups excluding tert-OH is 1. The summed E-state index contributed by atoms with van der Waals surface area (Å²) in [6.45, 7) is 15.2. The van der Waals surface area contributed by atoms with Crippen molar-refractivity contribution >= 4 is 0 Å². The summed E-state index contributed by atoms with van der Waals surface area (Å²) in [5.41, 5.74) is 2.52. The lowest BCUT2D eigenvalue weighted by molar-refractivity contribution is 0.0473. The summed E-state index contributed by atoms with van der Waals surface area (Å²) >= 11 is 0. The Morgan fingerprint density at radius 3 is 1.95 bits per heavy atom. The van der Waals surface area contributed by atoms with Crippen molar-refractivity contribution in [1.29, 1.82) is 0 Å². The van der Waals surface area contributed by atoms with E-state index in [0.717, 1.165) is 31.5 Å². The van der Waals surface area contributed by atoms with Gasteiger partial charge in [0.05, 0.1) is 6.10 Å². The highest BCUT2D eigenvalue weighted by atomic mass is 16.3. The normalized spacial score (nSPS) is 15.1. The van der Waals surface area contributed by atoms with E-state index in [0.29, 0.717) is 0 Å². The molecule has 0 saturated heterocycles. The largest absolute Gasteiger partial charge is 0.387 e. The van der Waals surface area contributed by atoms with Crippen molar-refractivity contribution in [3.63, 3.8) is 0 Å². The van der Waals surface area contributed by atoms with E-state index in [1.165, 1.54) is 12.0 Å². The van der Waals surface area contributed by atoms with Gasteiger partial charge in [0.2, 0.25) is 0 Å². The SMILES string of the molecule is CCCC[C@H]([C@H](O)c1ccc(C(C)(C)C)cc1)N(CC)CC. The molecule has 0 aliphatic heterocycles. The van der Waals surface area contributed by atoms with Crippen LogP contribution in [0, 0.1) is 0 Å². The molecule has 126 valence electrons. The van der Waals surface area contributed by atoms with Crippen LogP contribution in [0.5, 0.6) is 0 Å². The minimum atomic E-state index is -0.402. The number of benzene rings is 1. The van der Waals surface area contributed by atoms with Crippen molar-refractivity contribution < 1.29 is 5.11 Å². The minimum absolute atomic E-state index is 0.157. The van der Waals surface area contributed by atoms with Gasteiger partial charge in [-0.15, -0.1) is 0 Å². The average Bonchev–Trinajstić information content (AvgIpc) is 2.50.